The van der Waals surface area contributed by atoms with Gasteiger partial charge in [-0.05, 0) is 12.1 Å². The number of nitrogens with zero attached hydrogens (tertiary/aromatic N) is 4. The predicted octanol–water partition coefficient (Wildman–Crippen LogP) is 0.247. The first-order valence-electron chi connectivity index (χ1n) is 5.43. The standard InChI is InChI=1S/C12H14N4O2/c1-14-8-10(11(17)16(3)12(14)18)15(2)9-5-4-6-13-7-9/h4-8H,1-3H3. The summed E-state index contributed by atoms with van der Waals surface area (Å²) in [7, 11) is 4.84. The summed E-state index contributed by atoms with van der Waals surface area (Å²) in [6, 6.07) is 3.63. The van der Waals surface area contributed by atoms with E-state index in [1.807, 2.05) is 6.07 Å². The van der Waals surface area contributed by atoms with E-state index in [9.17, 15) is 9.59 Å². The third-order valence-corrected chi connectivity index (χ3v) is 2.82. The average Bonchev–Trinajstić information content (AvgIpc) is 2.41. The van der Waals surface area contributed by atoms with Crippen molar-refractivity contribution < 1.29 is 0 Å². The van der Waals surface area contributed by atoms with Gasteiger partial charge in [-0.3, -0.25) is 14.3 Å². The van der Waals surface area contributed by atoms with Gasteiger partial charge in [0.2, 0.25) is 0 Å². The molecular weight excluding hydrogens is 232 g/mol. The normalized spacial score (nSPS) is 10.4. The molecule has 2 aromatic rings. The second kappa shape index (κ2) is 4.48. The third-order valence-electron chi connectivity index (χ3n) is 2.82. The highest BCUT2D eigenvalue weighted by Gasteiger charge is 2.12. The Morgan fingerprint density at radius 3 is 2.61 bits per heavy atom. The summed E-state index contributed by atoms with van der Waals surface area (Å²) in [5, 5.41) is 0. The van der Waals surface area contributed by atoms with Gasteiger partial charge in [0, 0.05) is 33.5 Å². The molecule has 0 aliphatic carbocycles. The third kappa shape index (κ3) is 1.92. The molecule has 94 valence electrons. The maximum absolute atomic E-state index is 12.0. The van der Waals surface area contributed by atoms with Crippen molar-refractivity contribution in [1.82, 2.24) is 14.1 Å². The van der Waals surface area contributed by atoms with Crippen molar-refractivity contribution in [2.45, 2.75) is 0 Å². The molecule has 2 rings (SSSR count). The van der Waals surface area contributed by atoms with Crippen LogP contribution in [-0.2, 0) is 14.1 Å². The Hall–Kier alpha value is -2.37. The second-order valence-corrected chi connectivity index (χ2v) is 4.04. The number of anilines is 2. The monoisotopic (exact) mass is 246 g/mol. The predicted molar refractivity (Wildman–Crippen MR) is 69.2 cm³/mol. The van der Waals surface area contributed by atoms with E-state index in [0.29, 0.717) is 5.69 Å². The fourth-order valence-electron chi connectivity index (χ4n) is 1.71. The Morgan fingerprint density at radius 1 is 1.28 bits per heavy atom. The number of pyridine rings is 1. The average molecular weight is 246 g/mol. The summed E-state index contributed by atoms with van der Waals surface area (Å²) in [5.74, 6) is 0. The van der Waals surface area contributed by atoms with Gasteiger partial charge >= 0.3 is 5.69 Å². The molecule has 6 heteroatoms. The van der Waals surface area contributed by atoms with Gasteiger partial charge in [0.1, 0.15) is 5.69 Å². The van der Waals surface area contributed by atoms with Crippen molar-refractivity contribution in [3.05, 3.63) is 51.6 Å². The van der Waals surface area contributed by atoms with Crippen molar-refractivity contribution in [2.75, 3.05) is 11.9 Å². The van der Waals surface area contributed by atoms with Gasteiger partial charge in [0.05, 0.1) is 11.9 Å². The van der Waals surface area contributed by atoms with Crippen LogP contribution in [0.25, 0.3) is 0 Å². The lowest BCUT2D eigenvalue weighted by Gasteiger charge is -2.19. The molecule has 0 aliphatic heterocycles. The molecule has 0 spiro atoms. The van der Waals surface area contributed by atoms with E-state index in [1.54, 1.807) is 37.5 Å². The van der Waals surface area contributed by atoms with Crippen molar-refractivity contribution >= 4 is 11.4 Å². The minimum absolute atomic E-state index is 0.329. The van der Waals surface area contributed by atoms with E-state index in [0.717, 1.165) is 10.3 Å². The number of rotatable bonds is 2. The lowest BCUT2D eigenvalue weighted by atomic mass is 10.3. The largest absolute Gasteiger partial charge is 0.338 e. The summed E-state index contributed by atoms with van der Waals surface area (Å²) in [4.78, 5) is 29.3. The smallest absolute Gasteiger partial charge is 0.330 e. The number of hydrogen-bond acceptors (Lipinski definition) is 4. The first kappa shape index (κ1) is 12.1. The molecule has 2 heterocycles. The molecule has 2 aromatic heterocycles. The van der Waals surface area contributed by atoms with Gasteiger partial charge < -0.3 is 9.47 Å². The summed E-state index contributed by atoms with van der Waals surface area (Å²) >= 11 is 0. The molecule has 0 radical (unpaired) electrons. The van der Waals surface area contributed by atoms with Crippen LogP contribution >= 0.6 is 0 Å². The highest BCUT2D eigenvalue weighted by Crippen LogP contribution is 2.17. The molecule has 0 saturated heterocycles. The Morgan fingerprint density at radius 2 is 2.00 bits per heavy atom. The lowest BCUT2D eigenvalue weighted by Crippen LogP contribution is -2.39. The SMILES string of the molecule is CN(c1cccnc1)c1cn(C)c(=O)n(C)c1=O. The van der Waals surface area contributed by atoms with E-state index in [2.05, 4.69) is 4.98 Å². The summed E-state index contributed by atoms with van der Waals surface area (Å²) in [6.07, 6.45) is 4.85. The van der Waals surface area contributed by atoms with Crippen LogP contribution in [0.15, 0.2) is 40.3 Å². The molecule has 0 aliphatic rings. The van der Waals surface area contributed by atoms with Crippen LogP contribution in [-0.4, -0.2) is 21.2 Å². The zero-order valence-electron chi connectivity index (χ0n) is 10.5. The molecular formula is C12H14N4O2. The molecule has 0 bridgehead atoms. The zero-order chi connectivity index (χ0) is 13.3. The fraction of sp³-hybridized carbons (Fsp3) is 0.250. The van der Waals surface area contributed by atoms with Gasteiger partial charge in [-0.25, -0.2) is 4.79 Å². The Balaban J connectivity index is 2.60. The lowest BCUT2D eigenvalue weighted by molar-refractivity contribution is 0.684. The molecule has 0 atom stereocenters. The van der Waals surface area contributed by atoms with Crippen molar-refractivity contribution in [3.8, 4) is 0 Å². The molecule has 0 fully saturated rings. The quantitative estimate of drug-likeness (QED) is 0.762. The van der Waals surface area contributed by atoms with Crippen LogP contribution in [0.5, 0.6) is 0 Å². The molecule has 18 heavy (non-hydrogen) atoms. The minimum Gasteiger partial charge on any atom is -0.338 e. The fourth-order valence-corrected chi connectivity index (χ4v) is 1.71. The van der Waals surface area contributed by atoms with Crippen LogP contribution in [0, 0.1) is 0 Å². The topological polar surface area (TPSA) is 60.1 Å². The second-order valence-electron chi connectivity index (χ2n) is 4.04. The van der Waals surface area contributed by atoms with Gasteiger partial charge in [-0.2, -0.15) is 0 Å². The molecule has 6 nitrogen and oxygen atoms in total. The Bertz CT molecular complexity index is 673. The summed E-state index contributed by atoms with van der Waals surface area (Å²) < 4.78 is 2.46. The number of aromatic nitrogens is 3. The summed E-state index contributed by atoms with van der Waals surface area (Å²) in [5.41, 5.74) is 0.536. The van der Waals surface area contributed by atoms with E-state index < -0.39 is 0 Å². The van der Waals surface area contributed by atoms with Crippen LogP contribution in [0.3, 0.4) is 0 Å². The molecule has 0 aromatic carbocycles. The van der Waals surface area contributed by atoms with Gasteiger partial charge in [0.25, 0.3) is 5.56 Å². The molecule has 0 saturated carbocycles. The van der Waals surface area contributed by atoms with Crippen LogP contribution in [0.4, 0.5) is 11.4 Å². The van der Waals surface area contributed by atoms with E-state index in [-0.39, 0.29) is 11.2 Å². The Labute approximate surface area is 104 Å². The maximum Gasteiger partial charge on any atom is 0.330 e. The van der Waals surface area contributed by atoms with Crippen molar-refractivity contribution in [2.24, 2.45) is 14.1 Å². The number of aryl methyl sites for hydroxylation is 1. The van der Waals surface area contributed by atoms with E-state index >= 15 is 0 Å². The van der Waals surface area contributed by atoms with Crippen LogP contribution < -0.4 is 16.1 Å². The number of hydrogen-bond donors (Lipinski definition) is 0. The highest BCUT2D eigenvalue weighted by atomic mass is 16.2. The van der Waals surface area contributed by atoms with Crippen molar-refractivity contribution in [3.63, 3.8) is 0 Å². The van der Waals surface area contributed by atoms with Gasteiger partial charge in [0.15, 0.2) is 0 Å². The zero-order valence-corrected chi connectivity index (χ0v) is 10.5. The van der Waals surface area contributed by atoms with Gasteiger partial charge in [-0.15, -0.1) is 0 Å². The molecule has 0 amide bonds. The maximum atomic E-state index is 12.0. The molecule has 0 unspecified atom stereocenters. The van der Waals surface area contributed by atoms with E-state index in [4.69, 9.17) is 0 Å². The van der Waals surface area contributed by atoms with Crippen LogP contribution in [0.1, 0.15) is 0 Å². The first-order valence-corrected chi connectivity index (χ1v) is 5.43. The van der Waals surface area contributed by atoms with Gasteiger partial charge in [-0.1, -0.05) is 0 Å². The summed E-state index contributed by atoms with van der Waals surface area (Å²) in [6.45, 7) is 0. The van der Waals surface area contributed by atoms with E-state index in [1.165, 1.54) is 17.8 Å². The van der Waals surface area contributed by atoms with Crippen LogP contribution in [0.2, 0.25) is 0 Å². The molecule has 0 N–H and O–H groups in total. The highest BCUT2D eigenvalue weighted by molar-refractivity contribution is 5.59. The van der Waals surface area contributed by atoms with Crippen molar-refractivity contribution in [1.29, 1.82) is 0 Å². The minimum atomic E-state index is -0.344. The first-order chi connectivity index (χ1) is 8.52. The Kier molecular flexibility index (Phi) is 3.01.